The lowest BCUT2D eigenvalue weighted by Gasteiger charge is -2.35. The largest absolute Gasteiger partial charge is 0.323 e. The second-order valence-electron chi connectivity index (χ2n) is 7.29. The molecule has 2 rings (SSSR count). The van der Waals surface area contributed by atoms with Gasteiger partial charge in [-0.25, -0.2) is 0 Å². The van der Waals surface area contributed by atoms with E-state index in [1.165, 1.54) is 35.7 Å². The topological polar surface area (TPSA) is 51.8 Å². The Hall–Kier alpha value is -0.480. The van der Waals surface area contributed by atoms with Crippen LogP contribution in [0.5, 0.6) is 0 Å². The maximum Gasteiger partial charge on any atom is 0.0857 e. The van der Waals surface area contributed by atoms with Crippen LogP contribution in [-0.2, 0) is 5.41 Å². The molecule has 1 aliphatic carbocycles. The van der Waals surface area contributed by atoms with Gasteiger partial charge in [-0.3, -0.25) is 0 Å². The van der Waals surface area contributed by atoms with Crippen LogP contribution < -0.4 is 5.73 Å². The second-order valence-corrected chi connectivity index (χ2v) is 8.07. The van der Waals surface area contributed by atoms with Crippen molar-refractivity contribution in [3.63, 3.8) is 0 Å². The quantitative estimate of drug-likeness (QED) is 0.894. The van der Waals surface area contributed by atoms with Crippen molar-refractivity contribution in [2.45, 2.75) is 65.3 Å². The molecule has 1 saturated carbocycles. The van der Waals surface area contributed by atoms with Gasteiger partial charge >= 0.3 is 0 Å². The molecule has 3 nitrogen and oxygen atoms in total. The fraction of sp³-hybridized carbons (Fsp3) is 0.867. The molecule has 1 heterocycles. The van der Waals surface area contributed by atoms with Gasteiger partial charge in [0.2, 0.25) is 0 Å². The molecule has 0 spiro atoms. The Morgan fingerprint density at radius 1 is 1.21 bits per heavy atom. The molecule has 0 amide bonds. The fourth-order valence-corrected chi connectivity index (χ4v) is 4.02. The van der Waals surface area contributed by atoms with E-state index in [9.17, 15) is 0 Å². The van der Waals surface area contributed by atoms with Gasteiger partial charge in [-0.2, -0.15) is 0 Å². The SMILES string of the molecule is CC1CCC(C(N)c2snnc2C(C)(C)C)CC1C. The Labute approximate surface area is 121 Å². The predicted molar refractivity (Wildman–Crippen MR) is 81.2 cm³/mol. The highest BCUT2D eigenvalue weighted by Crippen LogP contribution is 2.41. The second kappa shape index (κ2) is 5.49. The van der Waals surface area contributed by atoms with Gasteiger partial charge in [0.25, 0.3) is 0 Å². The van der Waals surface area contributed by atoms with Crippen molar-refractivity contribution in [1.29, 1.82) is 0 Å². The molecule has 19 heavy (non-hydrogen) atoms. The van der Waals surface area contributed by atoms with Gasteiger partial charge in [0.1, 0.15) is 0 Å². The van der Waals surface area contributed by atoms with Gasteiger partial charge in [-0.15, -0.1) is 5.10 Å². The smallest absolute Gasteiger partial charge is 0.0857 e. The monoisotopic (exact) mass is 281 g/mol. The summed E-state index contributed by atoms with van der Waals surface area (Å²) in [7, 11) is 0. The van der Waals surface area contributed by atoms with E-state index in [0.717, 1.165) is 17.5 Å². The summed E-state index contributed by atoms with van der Waals surface area (Å²) >= 11 is 1.49. The van der Waals surface area contributed by atoms with Crippen molar-refractivity contribution in [1.82, 2.24) is 9.59 Å². The third-order valence-corrected chi connectivity index (χ3v) is 5.50. The van der Waals surface area contributed by atoms with Crippen LogP contribution in [0, 0.1) is 17.8 Å². The number of rotatable bonds is 2. The van der Waals surface area contributed by atoms with Crippen LogP contribution >= 0.6 is 11.5 Å². The van der Waals surface area contributed by atoms with E-state index in [2.05, 4.69) is 44.2 Å². The summed E-state index contributed by atoms with van der Waals surface area (Å²) in [6.07, 6.45) is 3.79. The van der Waals surface area contributed by atoms with Crippen molar-refractivity contribution in [2.24, 2.45) is 23.5 Å². The van der Waals surface area contributed by atoms with Crippen molar-refractivity contribution < 1.29 is 0 Å². The van der Waals surface area contributed by atoms with Crippen molar-refractivity contribution >= 4 is 11.5 Å². The Morgan fingerprint density at radius 2 is 1.89 bits per heavy atom. The molecule has 1 aliphatic rings. The zero-order valence-corrected chi connectivity index (χ0v) is 13.6. The lowest BCUT2D eigenvalue weighted by Crippen LogP contribution is -2.30. The van der Waals surface area contributed by atoms with Crippen LogP contribution in [0.15, 0.2) is 0 Å². The molecule has 108 valence electrons. The predicted octanol–water partition coefficient (Wildman–Crippen LogP) is 3.91. The molecule has 0 saturated heterocycles. The molecule has 4 heteroatoms. The average Bonchev–Trinajstić information content (AvgIpc) is 2.80. The van der Waals surface area contributed by atoms with E-state index in [4.69, 9.17) is 5.73 Å². The third kappa shape index (κ3) is 3.16. The van der Waals surface area contributed by atoms with Crippen LogP contribution in [0.25, 0.3) is 0 Å². The molecule has 1 aromatic rings. The summed E-state index contributed by atoms with van der Waals surface area (Å²) in [5.41, 5.74) is 7.68. The minimum Gasteiger partial charge on any atom is -0.323 e. The first-order valence-electron chi connectivity index (χ1n) is 7.39. The van der Waals surface area contributed by atoms with Crippen LogP contribution in [0.4, 0.5) is 0 Å². The molecule has 0 aromatic carbocycles. The summed E-state index contributed by atoms with van der Waals surface area (Å²) in [5.74, 6) is 2.21. The number of hydrogen-bond donors (Lipinski definition) is 1. The first kappa shape index (κ1) is 14.9. The van der Waals surface area contributed by atoms with E-state index in [1.54, 1.807) is 0 Å². The van der Waals surface area contributed by atoms with Crippen LogP contribution in [0.1, 0.15) is 70.5 Å². The first-order chi connectivity index (χ1) is 8.80. The van der Waals surface area contributed by atoms with Gasteiger partial charge in [-0.05, 0) is 42.1 Å². The molecule has 0 radical (unpaired) electrons. The molecule has 0 bridgehead atoms. The van der Waals surface area contributed by atoms with Crippen LogP contribution in [0.3, 0.4) is 0 Å². The molecule has 4 unspecified atom stereocenters. The van der Waals surface area contributed by atoms with Crippen molar-refractivity contribution in [2.75, 3.05) is 0 Å². The Morgan fingerprint density at radius 3 is 2.47 bits per heavy atom. The highest BCUT2D eigenvalue weighted by Gasteiger charge is 2.33. The Kier molecular flexibility index (Phi) is 4.31. The number of hydrogen-bond acceptors (Lipinski definition) is 4. The maximum absolute atomic E-state index is 6.55. The van der Waals surface area contributed by atoms with Gasteiger partial charge in [-0.1, -0.05) is 45.5 Å². The van der Waals surface area contributed by atoms with E-state index in [-0.39, 0.29) is 11.5 Å². The van der Waals surface area contributed by atoms with Gasteiger partial charge in [0.15, 0.2) is 0 Å². The van der Waals surface area contributed by atoms with Gasteiger partial charge in [0.05, 0.1) is 10.6 Å². The zero-order chi connectivity index (χ0) is 14.2. The fourth-order valence-electron chi connectivity index (χ4n) is 3.07. The molecular weight excluding hydrogens is 254 g/mol. The van der Waals surface area contributed by atoms with E-state index < -0.39 is 0 Å². The summed E-state index contributed by atoms with van der Waals surface area (Å²) in [6, 6.07) is 0.115. The van der Waals surface area contributed by atoms with E-state index >= 15 is 0 Å². The molecule has 2 N–H and O–H groups in total. The van der Waals surface area contributed by atoms with E-state index in [1.807, 2.05) is 0 Å². The van der Waals surface area contributed by atoms with Gasteiger partial charge in [0, 0.05) is 11.5 Å². The lowest BCUT2D eigenvalue weighted by molar-refractivity contribution is 0.186. The highest BCUT2D eigenvalue weighted by atomic mass is 32.1. The van der Waals surface area contributed by atoms with Crippen molar-refractivity contribution in [3.05, 3.63) is 10.6 Å². The number of nitrogens with two attached hydrogens (primary N) is 1. The molecular formula is C15H27N3S. The summed E-state index contributed by atoms with van der Waals surface area (Å²) in [5, 5.41) is 4.33. The van der Waals surface area contributed by atoms with Crippen LogP contribution in [0.2, 0.25) is 0 Å². The highest BCUT2D eigenvalue weighted by molar-refractivity contribution is 7.05. The minimum absolute atomic E-state index is 0.0352. The molecule has 1 aromatic heterocycles. The normalized spacial score (nSPS) is 30.3. The minimum atomic E-state index is 0.0352. The molecule has 1 fully saturated rings. The lowest BCUT2D eigenvalue weighted by atomic mass is 9.72. The summed E-state index contributed by atoms with van der Waals surface area (Å²) in [6.45, 7) is 11.3. The summed E-state index contributed by atoms with van der Waals surface area (Å²) < 4.78 is 4.15. The zero-order valence-electron chi connectivity index (χ0n) is 12.8. The van der Waals surface area contributed by atoms with Crippen molar-refractivity contribution in [3.8, 4) is 0 Å². The standard InChI is InChI=1S/C15H27N3S/c1-9-6-7-11(8-10(9)2)12(16)13-14(15(3,4)5)17-18-19-13/h9-12H,6-8,16H2,1-5H3. The molecule has 0 aliphatic heterocycles. The molecule has 4 atom stereocenters. The third-order valence-electron chi connectivity index (χ3n) is 4.67. The van der Waals surface area contributed by atoms with Gasteiger partial charge < -0.3 is 5.73 Å². The number of aromatic nitrogens is 2. The van der Waals surface area contributed by atoms with E-state index in [0.29, 0.717) is 5.92 Å². The Bertz CT molecular complexity index is 421. The average molecular weight is 281 g/mol. The maximum atomic E-state index is 6.55. The van der Waals surface area contributed by atoms with Crippen LogP contribution in [-0.4, -0.2) is 9.59 Å². The number of nitrogens with zero attached hydrogens (tertiary/aromatic N) is 2. The first-order valence-corrected chi connectivity index (χ1v) is 8.16. The Balaban J connectivity index is 2.16. The summed E-state index contributed by atoms with van der Waals surface area (Å²) in [4.78, 5) is 1.21.